The van der Waals surface area contributed by atoms with Crippen LogP contribution >= 0.6 is 34.2 Å². The van der Waals surface area contributed by atoms with Crippen molar-refractivity contribution in [2.45, 2.75) is 119 Å². The Labute approximate surface area is 261 Å². The van der Waals surface area contributed by atoms with Crippen molar-refractivity contribution >= 4 is 58.1 Å². The number of esters is 4. The molecule has 0 saturated carbocycles. The van der Waals surface area contributed by atoms with Gasteiger partial charge in [-0.2, -0.15) is 0 Å². The van der Waals surface area contributed by atoms with Crippen LogP contribution in [0.5, 0.6) is 0 Å². The van der Waals surface area contributed by atoms with Gasteiger partial charge in [-0.3, -0.25) is 19.2 Å². The van der Waals surface area contributed by atoms with Gasteiger partial charge >= 0.3 is 23.9 Å². The molecule has 0 radical (unpaired) electrons. The molecule has 0 amide bonds. The Bertz CT molecular complexity index is 607. The molecule has 0 aromatic heterocycles. The third-order valence-electron chi connectivity index (χ3n) is 6.55. The predicted molar refractivity (Wildman–Crippen MR) is 168 cm³/mol. The van der Waals surface area contributed by atoms with Crippen molar-refractivity contribution in [2.75, 3.05) is 36.7 Å². The molecule has 0 atom stereocenters. The Balaban J connectivity index is 0. The van der Waals surface area contributed by atoms with E-state index in [2.05, 4.69) is 22.6 Å². The minimum atomic E-state index is -1.16. The molecule has 8 nitrogen and oxygen atoms in total. The number of unbranched alkanes of at least 4 members (excludes halogenated alkanes) is 4. The van der Waals surface area contributed by atoms with Crippen molar-refractivity contribution in [2.24, 2.45) is 10.8 Å². The number of ether oxygens (including phenoxy) is 4. The van der Waals surface area contributed by atoms with Crippen LogP contribution in [0.2, 0.25) is 0 Å². The third kappa shape index (κ3) is 14.7. The summed E-state index contributed by atoms with van der Waals surface area (Å²) in [6.07, 6.45) is 8.73. The van der Waals surface area contributed by atoms with Crippen LogP contribution in [0.15, 0.2) is 0 Å². The number of hydrogen-bond acceptors (Lipinski definition) is 8. The Kier molecular flexibility index (Phi) is 26.3. The quantitative estimate of drug-likeness (QED) is 0.0284. The van der Waals surface area contributed by atoms with E-state index < -0.39 is 34.7 Å². The van der Waals surface area contributed by atoms with Crippen molar-refractivity contribution in [3.05, 3.63) is 0 Å². The lowest BCUT2D eigenvalue weighted by atomic mass is 9.78. The number of carbonyl (C=O) groups is 4. The van der Waals surface area contributed by atoms with Crippen LogP contribution in [-0.2, 0) is 38.1 Å². The first kappa shape index (κ1) is 41.0. The molecule has 0 aliphatic carbocycles. The van der Waals surface area contributed by atoms with E-state index in [0.717, 1.165) is 49.4 Å². The molecule has 0 rings (SSSR count). The van der Waals surface area contributed by atoms with E-state index in [0.29, 0.717) is 51.2 Å². The fraction of sp³-hybridized carbons (Fsp3) is 0.867. The normalized spacial score (nSPS) is 11.2. The van der Waals surface area contributed by atoms with Crippen molar-refractivity contribution in [3.63, 3.8) is 0 Å². The summed E-state index contributed by atoms with van der Waals surface area (Å²) in [4.78, 5) is 49.4. The second-order valence-electron chi connectivity index (χ2n) is 9.55. The maximum absolute atomic E-state index is 12.4. The van der Waals surface area contributed by atoms with E-state index in [9.17, 15) is 19.2 Å². The van der Waals surface area contributed by atoms with Gasteiger partial charge in [0.05, 0.1) is 26.4 Å². The Morgan fingerprint density at radius 3 is 1.07 bits per heavy atom. The molecular formula is C30H54ClIO8. The lowest BCUT2D eigenvalue weighted by Crippen LogP contribution is -2.42. The molecule has 236 valence electrons. The summed E-state index contributed by atoms with van der Waals surface area (Å²) < 4.78 is 21.6. The predicted octanol–water partition coefficient (Wildman–Crippen LogP) is 7.59. The zero-order valence-corrected chi connectivity index (χ0v) is 28.7. The smallest absolute Gasteiger partial charge is 0.323 e. The van der Waals surface area contributed by atoms with Gasteiger partial charge in [-0.05, 0) is 70.6 Å². The fourth-order valence-corrected chi connectivity index (χ4v) is 5.04. The largest absolute Gasteiger partial charge is 0.465 e. The van der Waals surface area contributed by atoms with Crippen LogP contribution in [0.25, 0.3) is 0 Å². The number of carbonyl (C=O) groups excluding carboxylic acids is 4. The summed E-state index contributed by atoms with van der Waals surface area (Å²) in [5.74, 6) is -1.22. The summed E-state index contributed by atoms with van der Waals surface area (Å²) in [5, 5.41) is 0. The molecule has 0 heterocycles. The van der Waals surface area contributed by atoms with E-state index in [1.54, 1.807) is 27.7 Å². The molecule has 40 heavy (non-hydrogen) atoms. The molecule has 0 bridgehead atoms. The highest BCUT2D eigenvalue weighted by Gasteiger charge is 2.48. The Morgan fingerprint density at radius 2 is 0.825 bits per heavy atom. The van der Waals surface area contributed by atoms with E-state index in [1.807, 2.05) is 13.8 Å². The summed E-state index contributed by atoms with van der Waals surface area (Å²) in [7, 11) is 0. The van der Waals surface area contributed by atoms with Gasteiger partial charge < -0.3 is 18.9 Å². The van der Waals surface area contributed by atoms with Crippen LogP contribution in [0.1, 0.15) is 119 Å². The molecule has 0 unspecified atom stereocenters. The van der Waals surface area contributed by atoms with Gasteiger partial charge in [0.2, 0.25) is 0 Å². The first-order chi connectivity index (χ1) is 19.2. The SMILES string of the molecule is CCCCC(CCCCCl)(C(=O)OCC)C(=O)OCC.CCCCC(CCCCI)(C(=O)OCC)C(=O)OCC. The van der Waals surface area contributed by atoms with Gasteiger partial charge in [-0.15, -0.1) is 11.6 Å². The van der Waals surface area contributed by atoms with Crippen LogP contribution in [-0.4, -0.2) is 60.6 Å². The molecule has 0 aliphatic heterocycles. The lowest BCUT2D eigenvalue weighted by molar-refractivity contribution is -0.175. The van der Waals surface area contributed by atoms with Crippen molar-refractivity contribution < 1.29 is 38.1 Å². The van der Waals surface area contributed by atoms with Crippen LogP contribution in [0.3, 0.4) is 0 Å². The average molecular weight is 705 g/mol. The molecule has 0 saturated heterocycles. The van der Waals surface area contributed by atoms with Gasteiger partial charge in [0, 0.05) is 5.88 Å². The first-order valence-electron chi connectivity index (χ1n) is 15.0. The van der Waals surface area contributed by atoms with E-state index >= 15 is 0 Å². The van der Waals surface area contributed by atoms with Gasteiger partial charge in [-0.1, -0.05) is 75.0 Å². The highest BCUT2D eigenvalue weighted by atomic mass is 127. The standard InChI is InChI=1S/C15H27ClO4.C15H27IO4/c2*1-4-7-10-15(11-8-9-12-16,13(17)19-5-2)14(18)20-6-3/h2*4-12H2,1-3H3. The second-order valence-corrected chi connectivity index (χ2v) is 11.0. The highest BCUT2D eigenvalue weighted by molar-refractivity contribution is 14.1. The zero-order chi connectivity index (χ0) is 30.9. The fourth-order valence-electron chi connectivity index (χ4n) is 4.31. The summed E-state index contributed by atoms with van der Waals surface area (Å²) >= 11 is 7.99. The second kappa shape index (κ2) is 25.6. The molecular weight excluding hydrogens is 651 g/mol. The molecule has 10 heteroatoms. The zero-order valence-electron chi connectivity index (χ0n) is 25.7. The van der Waals surface area contributed by atoms with Gasteiger partial charge in [0.25, 0.3) is 0 Å². The topological polar surface area (TPSA) is 105 Å². The number of alkyl halides is 2. The van der Waals surface area contributed by atoms with Gasteiger partial charge in [-0.25, -0.2) is 0 Å². The maximum atomic E-state index is 12.4. The third-order valence-corrected chi connectivity index (χ3v) is 7.58. The Morgan fingerprint density at radius 1 is 0.525 bits per heavy atom. The molecule has 0 N–H and O–H groups in total. The molecule has 0 spiro atoms. The average Bonchev–Trinajstić information content (AvgIpc) is 2.93. The van der Waals surface area contributed by atoms with Crippen LogP contribution in [0, 0.1) is 10.8 Å². The molecule has 0 aromatic carbocycles. The minimum absolute atomic E-state index is 0.265. The van der Waals surface area contributed by atoms with Crippen molar-refractivity contribution in [1.82, 2.24) is 0 Å². The van der Waals surface area contributed by atoms with Crippen molar-refractivity contribution in [3.8, 4) is 0 Å². The van der Waals surface area contributed by atoms with Gasteiger partial charge in [0.1, 0.15) is 0 Å². The van der Waals surface area contributed by atoms with Crippen molar-refractivity contribution in [1.29, 1.82) is 0 Å². The summed E-state index contributed by atoms with van der Waals surface area (Å²) in [5.41, 5.74) is -2.26. The molecule has 0 aliphatic rings. The monoisotopic (exact) mass is 704 g/mol. The van der Waals surface area contributed by atoms with Crippen LogP contribution in [0.4, 0.5) is 0 Å². The lowest BCUT2D eigenvalue weighted by Gasteiger charge is -2.29. The minimum Gasteiger partial charge on any atom is -0.465 e. The Hall–Kier alpha value is -1.10. The number of halogens is 2. The van der Waals surface area contributed by atoms with E-state index in [4.69, 9.17) is 30.5 Å². The maximum Gasteiger partial charge on any atom is 0.323 e. The van der Waals surface area contributed by atoms with E-state index in [1.165, 1.54) is 0 Å². The summed E-state index contributed by atoms with van der Waals surface area (Å²) in [6.45, 7) is 12.2. The van der Waals surface area contributed by atoms with Crippen LogP contribution < -0.4 is 0 Å². The number of rotatable bonds is 22. The van der Waals surface area contributed by atoms with Gasteiger partial charge in [0.15, 0.2) is 10.8 Å². The summed E-state index contributed by atoms with van der Waals surface area (Å²) in [6, 6.07) is 0. The molecule has 0 aromatic rings. The number of hydrogen-bond donors (Lipinski definition) is 0. The molecule has 0 fully saturated rings. The van der Waals surface area contributed by atoms with E-state index in [-0.39, 0.29) is 13.2 Å². The highest BCUT2D eigenvalue weighted by Crippen LogP contribution is 2.36. The first-order valence-corrected chi connectivity index (χ1v) is 17.0.